The summed E-state index contributed by atoms with van der Waals surface area (Å²) < 4.78 is 10.6. The van der Waals surface area contributed by atoms with Gasteiger partial charge in [0.05, 0.1) is 18.9 Å². The molecule has 130 valence electrons. The van der Waals surface area contributed by atoms with Crippen LogP contribution < -0.4 is 10.6 Å². The zero-order valence-electron chi connectivity index (χ0n) is 14.2. The second-order valence-electron chi connectivity index (χ2n) is 5.68. The zero-order chi connectivity index (χ0) is 16.2. The zero-order valence-corrected chi connectivity index (χ0v) is 16.5. The Hall–Kier alpha value is -1.61. The quantitative estimate of drug-likeness (QED) is 0.433. The lowest BCUT2D eigenvalue weighted by atomic mass is 10.1. The molecule has 0 spiro atoms. The second-order valence-corrected chi connectivity index (χ2v) is 5.68. The first-order chi connectivity index (χ1) is 11.2. The van der Waals surface area contributed by atoms with Gasteiger partial charge in [-0.2, -0.15) is 0 Å². The minimum absolute atomic E-state index is 0. The molecule has 7 heteroatoms. The molecular weight excluding hydrogens is 419 g/mol. The number of aliphatic imine (C=N–C) groups is 1. The van der Waals surface area contributed by atoms with Gasteiger partial charge in [-0.3, -0.25) is 4.99 Å². The average Bonchev–Trinajstić information content (AvgIpc) is 3.15. The summed E-state index contributed by atoms with van der Waals surface area (Å²) >= 11 is 0. The first-order valence-corrected chi connectivity index (χ1v) is 7.72. The fraction of sp³-hybridized carbons (Fsp3) is 0.412. The third-order valence-corrected chi connectivity index (χ3v) is 4.08. The Labute approximate surface area is 159 Å². The highest BCUT2D eigenvalue weighted by Gasteiger charge is 2.12. The molecule has 0 amide bonds. The number of rotatable bonds is 4. The van der Waals surface area contributed by atoms with E-state index in [9.17, 15) is 0 Å². The van der Waals surface area contributed by atoms with Crippen molar-refractivity contribution < 1.29 is 9.26 Å². The van der Waals surface area contributed by atoms with Gasteiger partial charge >= 0.3 is 0 Å². The van der Waals surface area contributed by atoms with Crippen LogP contribution in [0, 0.1) is 13.8 Å². The number of nitrogens with zero attached hydrogens (tertiary/aromatic N) is 2. The van der Waals surface area contributed by atoms with E-state index in [4.69, 9.17) is 9.26 Å². The van der Waals surface area contributed by atoms with Gasteiger partial charge in [0, 0.05) is 25.7 Å². The molecule has 2 aromatic rings. The molecule has 3 rings (SSSR count). The van der Waals surface area contributed by atoms with Crippen molar-refractivity contribution in [2.45, 2.75) is 40.2 Å². The Balaban J connectivity index is 0.00000208. The molecule has 24 heavy (non-hydrogen) atoms. The van der Waals surface area contributed by atoms with Crippen LogP contribution in [0.3, 0.4) is 0 Å². The standard InChI is InChI=1S/C17H22N4O2.HI/c1-11-16(12(2)23-21-11)8-20-17(18-3)19-7-13-4-5-14-9-22-10-15(14)6-13;/h4-6H,7-10H2,1-3H3,(H2,18,19,20);1H. The lowest BCUT2D eigenvalue weighted by molar-refractivity contribution is 0.134. The van der Waals surface area contributed by atoms with Crippen LogP contribution in [-0.4, -0.2) is 18.2 Å². The predicted octanol–water partition coefficient (Wildman–Crippen LogP) is 2.80. The van der Waals surface area contributed by atoms with Crippen molar-refractivity contribution in [1.82, 2.24) is 15.8 Å². The maximum atomic E-state index is 5.45. The molecule has 1 aromatic heterocycles. The number of nitrogens with one attached hydrogen (secondary N) is 2. The van der Waals surface area contributed by atoms with Gasteiger partial charge in [-0.1, -0.05) is 23.4 Å². The fourth-order valence-corrected chi connectivity index (χ4v) is 2.67. The van der Waals surface area contributed by atoms with Crippen molar-refractivity contribution in [1.29, 1.82) is 0 Å². The van der Waals surface area contributed by atoms with E-state index >= 15 is 0 Å². The predicted molar refractivity (Wildman–Crippen MR) is 103 cm³/mol. The molecule has 0 saturated carbocycles. The molecule has 0 bridgehead atoms. The van der Waals surface area contributed by atoms with E-state index in [1.54, 1.807) is 7.05 Å². The number of ether oxygens (including phenoxy) is 1. The summed E-state index contributed by atoms with van der Waals surface area (Å²) in [6.07, 6.45) is 0. The minimum Gasteiger partial charge on any atom is -0.372 e. The average molecular weight is 442 g/mol. The largest absolute Gasteiger partial charge is 0.372 e. The van der Waals surface area contributed by atoms with E-state index in [-0.39, 0.29) is 24.0 Å². The Morgan fingerprint density at radius 3 is 2.62 bits per heavy atom. The van der Waals surface area contributed by atoms with Crippen LogP contribution >= 0.6 is 24.0 Å². The van der Waals surface area contributed by atoms with E-state index in [0.29, 0.717) is 19.7 Å². The molecule has 0 radical (unpaired) electrons. The normalized spacial score (nSPS) is 13.4. The topological polar surface area (TPSA) is 71.7 Å². The maximum absolute atomic E-state index is 5.45. The highest BCUT2D eigenvalue weighted by Crippen LogP contribution is 2.20. The first-order valence-electron chi connectivity index (χ1n) is 7.72. The maximum Gasteiger partial charge on any atom is 0.191 e. The van der Waals surface area contributed by atoms with Crippen LogP contribution in [0.4, 0.5) is 0 Å². The molecule has 0 aliphatic carbocycles. The summed E-state index contributed by atoms with van der Waals surface area (Å²) in [4.78, 5) is 4.25. The molecule has 6 nitrogen and oxygen atoms in total. The lowest BCUT2D eigenvalue weighted by Gasteiger charge is -2.12. The SMILES string of the molecule is CN=C(NCc1ccc2c(c1)COC2)NCc1c(C)noc1C.I. The van der Waals surface area contributed by atoms with Crippen LogP contribution in [0.5, 0.6) is 0 Å². The van der Waals surface area contributed by atoms with E-state index in [0.717, 1.165) is 29.6 Å². The molecule has 2 heterocycles. The van der Waals surface area contributed by atoms with E-state index in [1.807, 2.05) is 13.8 Å². The van der Waals surface area contributed by atoms with Gasteiger partial charge in [0.15, 0.2) is 5.96 Å². The van der Waals surface area contributed by atoms with Crippen molar-refractivity contribution in [3.63, 3.8) is 0 Å². The molecular formula is C17H23IN4O2. The summed E-state index contributed by atoms with van der Waals surface area (Å²) in [6.45, 7) is 6.65. The number of hydrogen-bond donors (Lipinski definition) is 2. The molecule has 0 saturated heterocycles. The molecule has 0 atom stereocenters. The Morgan fingerprint density at radius 2 is 1.92 bits per heavy atom. The number of halogens is 1. The van der Waals surface area contributed by atoms with Gasteiger partial charge in [-0.15, -0.1) is 24.0 Å². The molecule has 1 aromatic carbocycles. The minimum atomic E-state index is 0. The molecule has 1 aliphatic rings. The number of benzene rings is 1. The van der Waals surface area contributed by atoms with Crippen LogP contribution in [0.2, 0.25) is 0 Å². The Bertz CT molecular complexity index is 708. The summed E-state index contributed by atoms with van der Waals surface area (Å²) in [7, 11) is 1.76. The van der Waals surface area contributed by atoms with Gasteiger partial charge in [0.2, 0.25) is 0 Å². The summed E-state index contributed by atoms with van der Waals surface area (Å²) in [5, 5.41) is 10.6. The summed E-state index contributed by atoms with van der Waals surface area (Å²) in [6, 6.07) is 6.46. The highest BCUT2D eigenvalue weighted by molar-refractivity contribution is 14.0. The van der Waals surface area contributed by atoms with Gasteiger partial charge in [0.25, 0.3) is 0 Å². The summed E-state index contributed by atoms with van der Waals surface area (Å²) in [5.74, 6) is 1.59. The number of aryl methyl sites for hydroxylation is 2. The van der Waals surface area contributed by atoms with Crippen LogP contribution in [0.25, 0.3) is 0 Å². The van der Waals surface area contributed by atoms with E-state index < -0.39 is 0 Å². The number of fused-ring (bicyclic) bond motifs is 1. The summed E-state index contributed by atoms with van der Waals surface area (Å²) in [5.41, 5.74) is 5.76. The van der Waals surface area contributed by atoms with Crippen LogP contribution in [0.1, 0.15) is 33.7 Å². The van der Waals surface area contributed by atoms with Crippen molar-refractivity contribution >= 4 is 29.9 Å². The molecule has 1 aliphatic heterocycles. The van der Waals surface area contributed by atoms with Crippen LogP contribution in [-0.2, 0) is 31.0 Å². The van der Waals surface area contributed by atoms with Crippen molar-refractivity contribution in [3.05, 3.63) is 51.9 Å². The van der Waals surface area contributed by atoms with Crippen molar-refractivity contribution in [2.24, 2.45) is 4.99 Å². The third kappa shape index (κ3) is 4.27. The molecule has 0 unspecified atom stereocenters. The van der Waals surface area contributed by atoms with Gasteiger partial charge in [0.1, 0.15) is 5.76 Å². The molecule has 2 N–H and O–H groups in total. The lowest BCUT2D eigenvalue weighted by Crippen LogP contribution is -2.36. The number of aromatic nitrogens is 1. The Morgan fingerprint density at radius 1 is 1.17 bits per heavy atom. The van der Waals surface area contributed by atoms with Crippen molar-refractivity contribution in [3.8, 4) is 0 Å². The van der Waals surface area contributed by atoms with Gasteiger partial charge in [-0.05, 0) is 30.5 Å². The Kier molecular flexibility index (Phi) is 6.61. The number of guanidine groups is 1. The van der Waals surface area contributed by atoms with E-state index in [1.165, 1.54) is 16.7 Å². The monoisotopic (exact) mass is 442 g/mol. The highest BCUT2D eigenvalue weighted by atomic mass is 127. The first kappa shape index (κ1) is 18.7. The van der Waals surface area contributed by atoms with Crippen LogP contribution in [0.15, 0.2) is 27.7 Å². The van der Waals surface area contributed by atoms with Gasteiger partial charge < -0.3 is 19.9 Å². The molecule has 0 fully saturated rings. The fourth-order valence-electron chi connectivity index (χ4n) is 2.67. The van der Waals surface area contributed by atoms with E-state index in [2.05, 4.69) is 39.0 Å². The van der Waals surface area contributed by atoms with Gasteiger partial charge in [-0.25, -0.2) is 0 Å². The third-order valence-electron chi connectivity index (χ3n) is 4.08. The smallest absolute Gasteiger partial charge is 0.191 e. The van der Waals surface area contributed by atoms with Crippen molar-refractivity contribution in [2.75, 3.05) is 7.05 Å². The second kappa shape index (κ2) is 8.48. The number of hydrogen-bond acceptors (Lipinski definition) is 4.